The molecule has 19 heavy (non-hydrogen) atoms. The average Bonchev–Trinajstić information content (AvgIpc) is 2.41. The van der Waals surface area contributed by atoms with Gasteiger partial charge in [0.05, 0.1) is 23.3 Å². The molecule has 0 aromatic carbocycles. The van der Waals surface area contributed by atoms with Crippen LogP contribution in [0.25, 0.3) is 0 Å². The molecule has 2 heterocycles. The van der Waals surface area contributed by atoms with Crippen LogP contribution in [0.1, 0.15) is 21.0 Å². The molecule has 7 heteroatoms. The van der Waals surface area contributed by atoms with Gasteiger partial charge in [0.25, 0.3) is 0 Å². The number of aromatic nitrogens is 2. The molecule has 0 aliphatic carbocycles. The SMILES string of the molecule is O=C([O-])c1ccccn1.O=C([O-])c1ccccn1.[Fe+2]. The van der Waals surface area contributed by atoms with Crippen LogP contribution >= 0.6 is 0 Å². The van der Waals surface area contributed by atoms with Gasteiger partial charge in [0, 0.05) is 12.4 Å². The van der Waals surface area contributed by atoms with E-state index < -0.39 is 11.9 Å². The van der Waals surface area contributed by atoms with E-state index in [0.29, 0.717) is 0 Å². The fourth-order valence-corrected chi connectivity index (χ4v) is 0.967. The second-order valence-corrected chi connectivity index (χ2v) is 3.00. The van der Waals surface area contributed by atoms with Gasteiger partial charge in [-0.3, -0.25) is 9.97 Å². The van der Waals surface area contributed by atoms with E-state index in [9.17, 15) is 19.8 Å². The summed E-state index contributed by atoms with van der Waals surface area (Å²) in [5.41, 5.74) is -0.0602. The molecule has 0 N–H and O–H groups in total. The van der Waals surface area contributed by atoms with Crippen molar-refractivity contribution in [3.63, 3.8) is 0 Å². The van der Waals surface area contributed by atoms with Crippen molar-refractivity contribution in [3.8, 4) is 0 Å². The fraction of sp³-hybridized carbons (Fsp3) is 0. The normalized spacial score (nSPS) is 8.42. The summed E-state index contributed by atoms with van der Waals surface area (Å²) in [7, 11) is 0. The number of rotatable bonds is 2. The number of carboxylic acids is 2. The molecule has 0 aliphatic heterocycles. The number of pyridine rings is 2. The third-order valence-electron chi connectivity index (χ3n) is 1.75. The first-order valence-corrected chi connectivity index (χ1v) is 4.86. The van der Waals surface area contributed by atoms with Gasteiger partial charge in [-0.05, 0) is 24.3 Å². The standard InChI is InChI=1S/2C6H5NO2.Fe/c2*8-6(9)5-3-1-2-4-7-5;/h2*1-4H,(H,8,9);/q;;+2/p-2. The molecule has 0 radical (unpaired) electrons. The quantitative estimate of drug-likeness (QED) is 0.651. The van der Waals surface area contributed by atoms with E-state index in [1.807, 2.05) is 0 Å². The van der Waals surface area contributed by atoms with Crippen LogP contribution in [0, 0.1) is 0 Å². The van der Waals surface area contributed by atoms with Crippen molar-refractivity contribution in [1.82, 2.24) is 9.97 Å². The monoisotopic (exact) mass is 300 g/mol. The summed E-state index contributed by atoms with van der Waals surface area (Å²) in [6.07, 6.45) is 2.82. The number of aromatic carboxylic acids is 2. The number of hydrogen-bond acceptors (Lipinski definition) is 6. The van der Waals surface area contributed by atoms with Crippen LogP contribution in [-0.4, -0.2) is 21.9 Å². The van der Waals surface area contributed by atoms with Crippen LogP contribution in [0.3, 0.4) is 0 Å². The van der Waals surface area contributed by atoms with E-state index in [1.165, 1.54) is 24.5 Å². The minimum atomic E-state index is -1.24. The fourth-order valence-electron chi connectivity index (χ4n) is 0.967. The Morgan fingerprint density at radius 1 is 0.789 bits per heavy atom. The summed E-state index contributed by atoms with van der Waals surface area (Å²) < 4.78 is 0. The Bertz CT molecular complexity index is 470. The van der Waals surface area contributed by atoms with E-state index in [2.05, 4.69) is 9.97 Å². The molecule has 98 valence electrons. The largest absolute Gasteiger partial charge is 2.00 e. The predicted molar refractivity (Wildman–Crippen MR) is 57.1 cm³/mol. The topological polar surface area (TPSA) is 106 Å². The molecule has 0 saturated heterocycles. The van der Waals surface area contributed by atoms with Crippen LogP contribution in [0.5, 0.6) is 0 Å². The number of carbonyl (C=O) groups excluding carboxylic acids is 2. The van der Waals surface area contributed by atoms with Crippen molar-refractivity contribution >= 4 is 11.9 Å². The van der Waals surface area contributed by atoms with Gasteiger partial charge in [-0.25, -0.2) is 0 Å². The third-order valence-corrected chi connectivity index (χ3v) is 1.75. The second kappa shape index (κ2) is 8.79. The summed E-state index contributed by atoms with van der Waals surface area (Å²) in [5, 5.41) is 20.1. The van der Waals surface area contributed by atoms with E-state index in [-0.39, 0.29) is 28.5 Å². The van der Waals surface area contributed by atoms with Gasteiger partial charge in [0.15, 0.2) is 0 Å². The van der Waals surface area contributed by atoms with Crippen molar-refractivity contribution < 1.29 is 36.9 Å². The summed E-state index contributed by atoms with van der Waals surface area (Å²) in [4.78, 5) is 27.1. The Hall–Kier alpha value is -2.24. The van der Waals surface area contributed by atoms with Crippen molar-refractivity contribution in [3.05, 3.63) is 60.2 Å². The summed E-state index contributed by atoms with van der Waals surface area (Å²) in [6, 6.07) is 9.25. The number of carbonyl (C=O) groups is 2. The van der Waals surface area contributed by atoms with Crippen LogP contribution < -0.4 is 10.2 Å². The molecule has 0 saturated carbocycles. The van der Waals surface area contributed by atoms with Crippen LogP contribution in [-0.2, 0) is 17.1 Å². The molecule has 0 amide bonds. The van der Waals surface area contributed by atoms with E-state index in [4.69, 9.17) is 0 Å². The molecule has 2 aromatic heterocycles. The van der Waals surface area contributed by atoms with Gasteiger partial charge in [0.1, 0.15) is 0 Å². The Labute approximate surface area is 119 Å². The van der Waals surface area contributed by atoms with Crippen LogP contribution in [0.4, 0.5) is 0 Å². The van der Waals surface area contributed by atoms with Gasteiger partial charge in [0.2, 0.25) is 0 Å². The van der Waals surface area contributed by atoms with Crippen molar-refractivity contribution in [2.75, 3.05) is 0 Å². The molecule has 2 rings (SSSR count). The molecule has 6 nitrogen and oxygen atoms in total. The average molecular weight is 300 g/mol. The first-order chi connectivity index (χ1) is 8.61. The smallest absolute Gasteiger partial charge is 0.543 e. The molecule has 0 fully saturated rings. The molecule has 0 aliphatic rings. The summed E-state index contributed by atoms with van der Waals surface area (Å²) in [6.45, 7) is 0. The molecule has 0 atom stereocenters. The molecule has 0 bridgehead atoms. The zero-order chi connectivity index (χ0) is 13.4. The summed E-state index contributed by atoms with van der Waals surface area (Å²) >= 11 is 0. The molecule has 0 spiro atoms. The molecular weight excluding hydrogens is 292 g/mol. The maximum Gasteiger partial charge on any atom is 2.00 e. The van der Waals surface area contributed by atoms with Gasteiger partial charge in [-0.1, -0.05) is 12.1 Å². The molecular formula is C12H8FeN2O4. The van der Waals surface area contributed by atoms with Gasteiger partial charge < -0.3 is 19.8 Å². The second-order valence-electron chi connectivity index (χ2n) is 3.00. The van der Waals surface area contributed by atoms with Gasteiger partial charge in [-0.15, -0.1) is 0 Å². The van der Waals surface area contributed by atoms with E-state index in [0.717, 1.165) is 0 Å². The Balaban J connectivity index is 0.000000324. The zero-order valence-corrected chi connectivity index (χ0v) is 10.6. The Morgan fingerprint density at radius 2 is 1.16 bits per heavy atom. The third kappa shape index (κ3) is 6.30. The summed E-state index contributed by atoms with van der Waals surface area (Å²) in [5.74, 6) is -2.48. The molecule has 0 unspecified atom stereocenters. The minimum absolute atomic E-state index is 0. The molecule has 2 aromatic rings. The maximum absolute atomic E-state index is 10.0. The van der Waals surface area contributed by atoms with Crippen LogP contribution in [0.15, 0.2) is 48.8 Å². The van der Waals surface area contributed by atoms with Gasteiger partial charge in [-0.2, -0.15) is 0 Å². The first-order valence-electron chi connectivity index (χ1n) is 4.86. The zero-order valence-electron chi connectivity index (χ0n) is 9.50. The van der Waals surface area contributed by atoms with Gasteiger partial charge >= 0.3 is 17.1 Å². The minimum Gasteiger partial charge on any atom is -0.543 e. The van der Waals surface area contributed by atoms with E-state index in [1.54, 1.807) is 24.3 Å². The van der Waals surface area contributed by atoms with Crippen molar-refractivity contribution in [2.45, 2.75) is 0 Å². The van der Waals surface area contributed by atoms with Crippen molar-refractivity contribution in [2.24, 2.45) is 0 Å². The maximum atomic E-state index is 10.0. The first kappa shape index (κ1) is 16.8. The van der Waals surface area contributed by atoms with E-state index >= 15 is 0 Å². The van der Waals surface area contributed by atoms with Crippen molar-refractivity contribution in [1.29, 1.82) is 0 Å². The van der Waals surface area contributed by atoms with Crippen LogP contribution in [0.2, 0.25) is 0 Å². The predicted octanol–water partition coefficient (Wildman–Crippen LogP) is -1.11. The number of carboxylic acid groups (broad SMARTS) is 2. The Morgan fingerprint density at radius 3 is 1.32 bits per heavy atom. The number of hydrogen-bond donors (Lipinski definition) is 0. The Kier molecular flexibility index (Phi) is 7.76. The number of nitrogens with zero attached hydrogens (tertiary/aromatic N) is 2.